The van der Waals surface area contributed by atoms with Gasteiger partial charge in [-0.1, -0.05) is 15.9 Å². The molecule has 1 fully saturated rings. The summed E-state index contributed by atoms with van der Waals surface area (Å²) in [6.07, 6.45) is 2.11. The van der Waals surface area contributed by atoms with Gasteiger partial charge in [0.1, 0.15) is 11.9 Å². The average molecular weight is 323 g/mol. The highest BCUT2D eigenvalue weighted by atomic mass is 79.9. The first-order valence-electron chi connectivity index (χ1n) is 5.81. The summed E-state index contributed by atoms with van der Waals surface area (Å²) in [5.41, 5.74) is 6.94. The lowest BCUT2D eigenvalue weighted by Gasteiger charge is -2.09. The topological polar surface area (TPSA) is 94.1 Å². The van der Waals surface area contributed by atoms with Crippen LogP contribution in [-0.4, -0.2) is 22.0 Å². The predicted molar refractivity (Wildman–Crippen MR) is 76.1 cm³/mol. The van der Waals surface area contributed by atoms with Gasteiger partial charge in [0.05, 0.1) is 10.4 Å². The molecular weight excluding hydrogens is 312 g/mol. The van der Waals surface area contributed by atoms with Gasteiger partial charge in [-0.3, -0.25) is 10.1 Å². The van der Waals surface area contributed by atoms with Crippen molar-refractivity contribution < 1.29 is 4.92 Å². The number of hydrogen-bond donors (Lipinski definition) is 2. The molecule has 0 amide bonds. The maximum absolute atomic E-state index is 11.1. The number of fused-ring (bicyclic) bond motifs is 1. The van der Waals surface area contributed by atoms with E-state index in [0.717, 1.165) is 16.3 Å². The van der Waals surface area contributed by atoms with Crippen LogP contribution in [-0.2, 0) is 0 Å². The zero-order chi connectivity index (χ0) is 13.6. The molecule has 0 aliphatic heterocycles. The van der Waals surface area contributed by atoms with Crippen LogP contribution in [0.15, 0.2) is 28.9 Å². The number of nitrogens with two attached hydrogens (primary N) is 1. The molecule has 1 aliphatic rings. The molecule has 0 spiro atoms. The van der Waals surface area contributed by atoms with Crippen LogP contribution in [0.25, 0.3) is 10.9 Å². The monoisotopic (exact) mass is 322 g/mol. The molecule has 1 aromatic carbocycles. The Hall–Kier alpha value is -1.73. The highest BCUT2D eigenvalue weighted by Crippen LogP contribution is 2.36. The Morgan fingerprint density at radius 3 is 2.89 bits per heavy atom. The van der Waals surface area contributed by atoms with E-state index >= 15 is 0 Å². The van der Waals surface area contributed by atoms with Crippen LogP contribution < -0.4 is 11.1 Å². The third-order valence-corrected chi connectivity index (χ3v) is 3.67. The molecular formula is C12H11BrN4O2. The van der Waals surface area contributed by atoms with Gasteiger partial charge in [-0.05, 0) is 24.6 Å². The molecule has 1 heterocycles. The highest BCUT2D eigenvalue weighted by Gasteiger charge is 2.35. The molecule has 0 saturated heterocycles. The maximum atomic E-state index is 11.1. The highest BCUT2D eigenvalue weighted by molar-refractivity contribution is 9.10. The van der Waals surface area contributed by atoms with E-state index < -0.39 is 4.92 Å². The summed E-state index contributed by atoms with van der Waals surface area (Å²) in [4.78, 5) is 14.8. The maximum Gasteiger partial charge on any atom is 0.311 e. The van der Waals surface area contributed by atoms with Crippen molar-refractivity contribution in [3.05, 3.63) is 39.0 Å². The van der Waals surface area contributed by atoms with Gasteiger partial charge in [0, 0.05) is 21.9 Å². The number of benzene rings is 1. The molecule has 2 atom stereocenters. The van der Waals surface area contributed by atoms with Crippen LogP contribution in [0.4, 0.5) is 11.4 Å². The molecule has 2 unspecified atom stereocenters. The van der Waals surface area contributed by atoms with Gasteiger partial charge in [0.2, 0.25) is 0 Å². The number of anilines is 1. The van der Waals surface area contributed by atoms with Crippen LogP contribution in [0, 0.1) is 10.1 Å². The van der Waals surface area contributed by atoms with E-state index in [-0.39, 0.29) is 17.8 Å². The van der Waals surface area contributed by atoms with Gasteiger partial charge in [-0.15, -0.1) is 0 Å². The smallest absolute Gasteiger partial charge is 0.311 e. The lowest BCUT2D eigenvalue weighted by Crippen LogP contribution is -2.14. The Morgan fingerprint density at radius 1 is 1.53 bits per heavy atom. The van der Waals surface area contributed by atoms with Crippen molar-refractivity contribution in [2.75, 3.05) is 5.32 Å². The van der Waals surface area contributed by atoms with Crippen LogP contribution >= 0.6 is 15.9 Å². The van der Waals surface area contributed by atoms with Crippen molar-refractivity contribution in [1.29, 1.82) is 0 Å². The Kier molecular flexibility index (Phi) is 2.87. The summed E-state index contributed by atoms with van der Waals surface area (Å²) < 4.78 is 0.852. The van der Waals surface area contributed by atoms with Crippen molar-refractivity contribution in [3.63, 3.8) is 0 Å². The summed E-state index contributed by atoms with van der Waals surface area (Å²) >= 11 is 3.37. The van der Waals surface area contributed by atoms with Crippen molar-refractivity contribution in [1.82, 2.24) is 4.98 Å². The Labute approximate surface area is 117 Å². The van der Waals surface area contributed by atoms with Crippen LogP contribution in [0.1, 0.15) is 6.42 Å². The lowest BCUT2D eigenvalue weighted by atomic mass is 10.1. The summed E-state index contributed by atoms with van der Waals surface area (Å²) in [7, 11) is 0. The van der Waals surface area contributed by atoms with E-state index in [1.165, 1.54) is 6.20 Å². The molecule has 7 heteroatoms. The fraction of sp³-hybridized carbons (Fsp3) is 0.250. The van der Waals surface area contributed by atoms with E-state index in [4.69, 9.17) is 5.73 Å². The number of pyridine rings is 1. The standard InChI is InChI=1S/C12H11BrN4O2/c13-6-1-2-9-7(3-6)12(16-10-4-8(10)14)11(5-15-9)17(18)19/h1-3,5,8,10H,4,14H2,(H,15,16). The van der Waals surface area contributed by atoms with E-state index in [1.54, 1.807) is 0 Å². The number of aromatic nitrogens is 1. The van der Waals surface area contributed by atoms with E-state index in [1.807, 2.05) is 18.2 Å². The Morgan fingerprint density at radius 2 is 2.26 bits per heavy atom. The fourth-order valence-electron chi connectivity index (χ4n) is 2.01. The predicted octanol–water partition coefficient (Wildman–Crippen LogP) is 2.42. The largest absolute Gasteiger partial charge is 0.375 e. The van der Waals surface area contributed by atoms with Crippen LogP contribution in [0.3, 0.4) is 0 Å². The molecule has 1 aromatic heterocycles. The molecule has 1 aliphatic carbocycles. The molecule has 3 N–H and O–H groups in total. The third-order valence-electron chi connectivity index (χ3n) is 3.18. The number of nitrogens with one attached hydrogen (secondary N) is 1. The first-order chi connectivity index (χ1) is 9.06. The molecule has 0 radical (unpaired) electrons. The van der Waals surface area contributed by atoms with Crippen molar-refractivity contribution in [2.24, 2.45) is 5.73 Å². The van der Waals surface area contributed by atoms with E-state index in [0.29, 0.717) is 11.2 Å². The van der Waals surface area contributed by atoms with Gasteiger partial charge in [0.15, 0.2) is 0 Å². The van der Waals surface area contributed by atoms with Crippen molar-refractivity contribution in [3.8, 4) is 0 Å². The molecule has 2 aromatic rings. The molecule has 98 valence electrons. The second kappa shape index (κ2) is 4.43. The average Bonchev–Trinajstić information content (AvgIpc) is 3.05. The normalized spacial score (nSPS) is 21.4. The zero-order valence-electron chi connectivity index (χ0n) is 9.84. The zero-order valence-corrected chi connectivity index (χ0v) is 11.4. The minimum absolute atomic E-state index is 0.0234. The summed E-state index contributed by atoms with van der Waals surface area (Å²) in [6.45, 7) is 0. The van der Waals surface area contributed by atoms with Gasteiger partial charge in [0.25, 0.3) is 0 Å². The summed E-state index contributed by atoms with van der Waals surface area (Å²) in [6, 6.07) is 5.67. The van der Waals surface area contributed by atoms with Crippen LogP contribution in [0.5, 0.6) is 0 Å². The molecule has 0 bridgehead atoms. The molecule has 6 nitrogen and oxygen atoms in total. The number of hydrogen-bond acceptors (Lipinski definition) is 5. The first-order valence-corrected chi connectivity index (χ1v) is 6.60. The van der Waals surface area contributed by atoms with Crippen molar-refractivity contribution >= 4 is 38.2 Å². The number of halogens is 1. The number of nitrogens with zero attached hydrogens (tertiary/aromatic N) is 2. The molecule has 3 rings (SSSR count). The minimum Gasteiger partial charge on any atom is -0.375 e. The Balaban J connectivity index is 2.18. The SMILES string of the molecule is NC1CC1Nc1c([N+](=O)[O-])cnc2ccc(Br)cc12. The van der Waals surface area contributed by atoms with Crippen LogP contribution in [0.2, 0.25) is 0 Å². The second-order valence-electron chi connectivity index (χ2n) is 4.59. The quantitative estimate of drug-likeness (QED) is 0.668. The Bertz CT molecular complexity index is 676. The summed E-state index contributed by atoms with van der Waals surface area (Å²) in [5, 5.41) is 15.0. The van der Waals surface area contributed by atoms with Crippen molar-refractivity contribution in [2.45, 2.75) is 18.5 Å². The van der Waals surface area contributed by atoms with E-state index in [9.17, 15) is 10.1 Å². The molecule has 19 heavy (non-hydrogen) atoms. The first kappa shape index (κ1) is 12.3. The number of rotatable bonds is 3. The minimum atomic E-state index is -0.427. The summed E-state index contributed by atoms with van der Waals surface area (Å²) in [5.74, 6) is 0. The third kappa shape index (κ3) is 2.26. The molecule has 1 saturated carbocycles. The lowest BCUT2D eigenvalue weighted by molar-refractivity contribution is -0.384. The van der Waals surface area contributed by atoms with Gasteiger partial charge >= 0.3 is 5.69 Å². The number of nitro groups is 1. The van der Waals surface area contributed by atoms with E-state index in [2.05, 4.69) is 26.2 Å². The van der Waals surface area contributed by atoms with Gasteiger partial charge in [-0.2, -0.15) is 0 Å². The second-order valence-corrected chi connectivity index (χ2v) is 5.50. The van der Waals surface area contributed by atoms with Gasteiger partial charge < -0.3 is 11.1 Å². The fourth-order valence-corrected chi connectivity index (χ4v) is 2.37. The van der Waals surface area contributed by atoms with Gasteiger partial charge in [-0.25, -0.2) is 4.98 Å².